The molecule has 2 aliphatic rings. The molecule has 0 unspecified atom stereocenters. The summed E-state index contributed by atoms with van der Waals surface area (Å²) in [6.45, 7) is 8.72. The molecule has 22 heavy (non-hydrogen) atoms. The van der Waals surface area contributed by atoms with E-state index in [4.69, 9.17) is 0 Å². The Morgan fingerprint density at radius 3 is 1.68 bits per heavy atom. The molecule has 0 saturated carbocycles. The van der Waals surface area contributed by atoms with Gasteiger partial charge in [0, 0.05) is 42.1 Å². The molecule has 2 heterocycles. The van der Waals surface area contributed by atoms with E-state index in [1.807, 2.05) is 0 Å². The zero-order valence-electron chi connectivity index (χ0n) is 13.3. The molecule has 0 spiro atoms. The Labute approximate surface area is 132 Å². The van der Waals surface area contributed by atoms with Gasteiger partial charge in [-0.25, -0.2) is 0 Å². The fourth-order valence-corrected chi connectivity index (χ4v) is 3.81. The van der Waals surface area contributed by atoms with Crippen molar-refractivity contribution in [1.29, 1.82) is 0 Å². The van der Waals surface area contributed by atoms with Gasteiger partial charge < -0.3 is 4.90 Å². The average Bonchev–Trinajstić information content (AvgIpc) is 2.96. The molecule has 0 radical (unpaired) electrons. The smallest absolute Gasteiger partial charge is 0.0487 e. The van der Waals surface area contributed by atoms with Gasteiger partial charge in [-0.05, 0) is 36.7 Å². The maximum absolute atomic E-state index is 2.53. The number of para-hydroxylation sites is 2. The number of anilines is 2. The van der Waals surface area contributed by atoms with E-state index in [0.29, 0.717) is 0 Å². The number of nitrogens with zero attached hydrogens (tertiary/aromatic N) is 2. The van der Waals surface area contributed by atoms with Gasteiger partial charge in [0.25, 0.3) is 0 Å². The van der Waals surface area contributed by atoms with E-state index in [-0.39, 0.29) is 0 Å². The lowest BCUT2D eigenvalue weighted by Crippen LogP contribution is -2.23. The first-order valence-corrected chi connectivity index (χ1v) is 8.24. The van der Waals surface area contributed by atoms with Crippen molar-refractivity contribution in [2.24, 2.45) is 0 Å². The molecule has 4 rings (SSSR count). The van der Waals surface area contributed by atoms with Gasteiger partial charge in [0.15, 0.2) is 0 Å². The van der Waals surface area contributed by atoms with Crippen LogP contribution in [0.5, 0.6) is 0 Å². The first-order chi connectivity index (χ1) is 10.8. The van der Waals surface area contributed by atoms with E-state index in [9.17, 15) is 0 Å². The number of benzene rings is 2. The normalized spacial score (nSPS) is 17.1. The fourth-order valence-electron chi connectivity index (χ4n) is 3.81. The van der Waals surface area contributed by atoms with Gasteiger partial charge in [0.2, 0.25) is 0 Å². The van der Waals surface area contributed by atoms with E-state index in [1.54, 1.807) is 0 Å². The number of likely N-dealkylation sites (N-methyl/N-ethyl adjacent to an activating group) is 1. The molecule has 0 fully saturated rings. The van der Waals surface area contributed by atoms with E-state index >= 15 is 0 Å². The minimum absolute atomic E-state index is 0.992. The molecule has 2 nitrogen and oxygen atoms in total. The Bertz CT molecular complexity index is 685. The predicted octanol–water partition coefficient (Wildman–Crippen LogP) is 4.40. The standard InChI is InChI=1S/C20H22N2/c1-3-21-13-17-15-9-5-7-11-19(15)22(4-2)20-12-8-6-10-16(20)18(17)14-21/h5-12H,3-4,13-14H2,1-2H3. The summed E-state index contributed by atoms with van der Waals surface area (Å²) in [6, 6.07) is 17.8. The van der Waals surface area contributed by atoms with Crippen LogP contribution in [0.2, 0.25) is 0 Å². The quantitative estimate of drug-likeness (QED) is 0.808. The van der Waals surface area contributed by atoms with Crippen molar-refractivity contribution in [2.75, 3.05) is 31.1 Å². The van der Waals surface area contributed by atoms with Crippen molar-refractivity contribution < 1.29 is 0 Å². The SMILES string of the molecule is CCN1CC2=C(C1)c1ccccc1N(CC)c1ccccc12. The zero-order valence-corrected chi connectivity index (χ0v) is 13.3. The van der Waals surface area contributed by atoms with Crippen molar-refractivity contribution in [1.82, 2.24) is 4.90 Å². The van der Waals surface area contributed by atoms with Gasteiger partial charge in [0.05, 0.1) is 0 Å². The van der Waals surface area contributed by atoms with Crippen LogP contribution in [0.4, 0.5) is 11.4 Å². The molecule has 2 heteroatoms. The van der Waals surface area contributed by atoms with E-state index in [2.05, 4.69) is 72.2 Å². The first kappa shape index (κ1) is 13.6. The minimum Gasteiger partial charge on any atom is -0.341 e. The first-order valence-electron chi connectivity index (χ1n) is 8.24. The van der Waals surface area contributed by atoms with Gasteiger partial charge >= 0.3 is 0 Å². The van der Waals surface area contributed by atoms with E-state index in [0.717, 1.165) is 26.2 Å². The molecule has 2 aromatic rings. The van der Waals surface area contributed by atoms with Crippen LogP contribution in [0.1, 0.15) is 25.0 Å². The number of hydrogen-bond acceptors (Lipinski definition) is 2. The van der Waals surface area contributed by atoms with Gasteiger partial charge in [-0.15, -0.1) is 0 Å². The number of fused-ring (bicyclic) bond motifs is 4. The molecule has 2 aromatic carbocycles. The summed E-state index contributed by atoms with van der Waals surface area (Å²) in [6.07, 6.45) is 0. The summed E-state index contributed by atoms with van der Waals surface area (Å²) >= 11 is 0. The molecular formula is C20H22N2. The second-order valence-corrected chi connectivity index (χ2v) is 6.04. The summed E-state index contributed by atoms with van der Waals surface area (Å²) in [5.74, 6) is 0. The van der Waals surface area contributed by atoms with E-state index < -0.39 is 0 Å². The minimum atomic E-state index is 0.992. The number of hydrogen-bond donors (Lipinski definition) is 0. The molecule has 0 atom stereocenters. The summed E-state index contributed by atoms with van der Waals surface area (Å²) in [7, 11) is 0. The lowest BCUT2D eigenvalue weighted by molar-refractivity contribution is 0.380. The maximum atomic E-state index is 2.53. The fraction of sp³-hybridized carbons (Fsp3) is 0.300. The largest absolute Gasteiger partial charge is 0.341 e. The molecule has 0 amide bonds. The second kappa shape index (κ2) is 5.29. The third-order valence-corrected chi connectivity index (χ3v) is 4.93. The highest BCUT2D eigenvalue weighted by molar-refractivity contribution is 6.03. The lowest BCUT2D eigenvalue weighted by atomic mass is 9.97. The highest BCUT2D eigenvalue weighted by Crippen LogP contribution is 2.45. The van der Waals surface area contributed by atoms with Crippen LogP contribution in [-0.2, 0) is 0 Å². The molecule has 0 N–H and O–H groups in total. The highest BCUT2D eigenvalue weighted by Gasteiger charge is 2.30. The summed E-state index contributed by atoms with van der Waals surface area (Å²) in [5.41, 5.74) is 8.54. The van der Waals surface area contributed by atoms with Gasteiger partial charge in [-0.3, -0.25) is 4.90 Å². The average molecular weight is 290 g/mol. The summed E-state index contributed by atoms with van der Waals surface area (Å²) < 4.78 is 0. The summed E-state index contributed by atoms with van der Waals surface area (Å²) in [4.78, 5) is 4.99. The van der Waals surface area contributed by atoms with Gasteiger partial charge in [0.1, 0.15) is 0 Å². The second-order valence-electron chi connectivity index (χ2n) is 6.04. The van der Waals surface area contributed by atoms with Crippen molar-refractivity contribution in [3.63, 3.8) is 0 Å². The highest BCUT2D eigenvalue weighted by atomic mass is 15.2. The Morgan fingerprint density at radius 1 is 0.727 bits per heavy atom. The Kier molecular flexibility index (Phi) is 3.27. The van der Waals surface area contributed by atoms with Gasteiger partial charge in [-0.2, -0.15) is 0 Å². The molecular weight excluding hydrogens is 268 g/mol. The Morgan fingerprint density at radius 2 is 1.23 bits per heavy atom. The van der Waals surface area contributed by atoms with Crippen LogP contribution in [0, 0.1) is 0 Å². The van der Waals surface area contributed by atoms with Crippen molar-refractivity contribution in [3.8, 4) is 0 Å². The van der Waals surface area contributed by atoms with Gasteiger partial charge in [-0.1, -0.05) is 43.3 Å². The predicted molar refractivity (Wildman–Crippen MR) is 94.5 cm³/mol. The third-order valence-electron chi connectivity index (χ3n) is 4.93. The Hall–Kier alpha value is -2.06. The van der Waals surface area contributed by atoms with Crippen molar-refractivity contribution in [2.45, 2.75) is 13.8 Å². The van der Waals surface area contributed by atoms with Crippen LogP contribution in [-0.4, -0.2) is 31.1 Å². The van der Waals surface area contributed by atoms with Crippen LogP contribution in [0.25, 0.3) is 11.1 Å². The van der Waals surface area contributed by atoms with Crippen molar-refractivity contribution >= 4 is 22.5 Å². The summed E-state index contributed by atoms with van der Waals surface area (Å²) in [5, 5.41) is 0. The molecule has 0 bridgehead atoms. The molecule has 112 valence electrons. The van der Waals surface area contributed by atoms with Crippen LogP contribution in [0.3, 0.4) is 0 Å². The topological polar surface area (TPSA) is 6.48 Å². The Balaban J connectivity index is 2.00. The van der Waals surface area contributed by atoms with E-state index in [1.165, 1.54) is 33.6 Å². The molecule has 0 aromatic heterocycles. The molecule has 0 saturated heterocycles. The maximum Gasteiger partial charge on any atom is 0.0487 e. The number of rotatable bonds is 2. The molecule has 2 aliphatic heterocycles. The third kappa shape index (κ3) is 1.91. The van der Waals surface area contributed by atoms with Crippen LogP contribution in [0.15, 0.2) is 48.5 Å². The monoisotopic (exact) mass is 290 g/mol. The van der Waals surface area contributed by atoms with Crippen molar-refractivity contribution in [3.05, 3.63) is 59.7 Å². The van der Waals surface area contributed by atoms with Crippen LogP contribution >= 0.6 is 0 Å². The zero-order chi connectivity index (χ0) is 15.1. The molecule has 0 aliphatic carbocycles. The van der Waals surface area contributed by atoms with Crippen LogP contribution < -0.4 is 4.90 Å². The lowest BCUT2D eigenvalue weighted by Gasteiger charge is -2.27.